The summed E-state index contributed by atoms with van der Waals surface area (Å²) in [4.78, 5) is 56.2. The molecule has 1 heterocycles. The van der Waals surface area contributed by atoms with Crippen LogP contribution in [0.4, 0.5) is 16.5 Å². The van der Waals surface area contributed by atoms with E-state index in [1.165, 1.54) is 35.2 Å². The highest BCUT2D eigenvalue weighted by atomic mass is 79.9. The molecule has 0 radical (unpaired) electrons. The minimum atomic E-state index is -0.652. The Balaban J connectivity index is 1.17. The van der Waals surface area contributed by atoms with E-state index in [1.807, 2.05) is 54.6 Å². The minimum Gasteiger partial charge on any atom is -0.321 e. The van der Waals surface area contributed by atoms with Gasteiger partial charge in [0, 0.05) is 43.7 Å². The second kappa shape index (κ2) is 16.9. The molecule has 6 aromatic rings. The summed E-state index contributed by atoms with van der Waals surface area (Å²) in [5.41, 5.74) is 3.49. The first-order chi connectivity index (χ1) is 25.2. The van der Waals surface area contributed by atoms with Crippen LogP contribution >= 0.6 is 39.0 Å². The van der Waals surface area contributed by atoms with Gasteiger partial charge in [-0.15, -0.1) is 23.1 Å². The number of nitrogens with one attached hydrogen (secondary N) is 3. The van der Waals surface area contributed by atoms with Gasteiger partial charge < -0.3 is 16.0 Å². The normalized spacial score (nSPS) is 11.7. The van der Waals surface area contributed by atoms with E-state index >= 15 is 0 Å². The molecule has 3 N–H and O–H groups in total. The summed E-state index contributed by atoms with van der Waals surface area (Å²) in [5.74, 6) is -1.23. The topological polar surface area (TPSA) is 143 Å². The lowest BCUT2D eigenvalue weighted by Gasteiger charge is -2.17. The Morgan fingerprint density at radius 1 is 0.827 bits per heavy atom. The van der Waals surface area contributed by atoms with Crippen LogP contribution in [-0.2, 0) is 9.59 Å². The molecule has 0 bridgehead atoms. The molecule has 1 aromatic heterocycles. The molecule has 3 amide bonds. The first kappa shape index (κ1) is 35.9. The number of aromatic nitrogens is 1. The Bertz CT molecular complexity index is 2250. The van der Waals surface area contributed by atoms with Crippen molar-refractivity contribution in [3.05, 3.63) is 176 Å². The van der Waals surface area contributed by atoms with Crippen molar-refractivity contribution in [1.29, 1.82) is 0 Å². The largest absolute Gasteiger partial charge is 0.321 e. The molecule has 52 heavy (non-hydrogen) atoms. The fourth-order valence-electron chi connectivity index (χ4n) is 4.93. The van der Waals surface area contributed by atoms with Crippen LogP contribution in [0.15, 0.2) is 154 Å². The van der Waals surface area contributed by atoms with Gasteiger partial charge >= 0.3 is 0 Å². The quantitative estimate of drug-likeness (QED) is 0.0485. The molecule has 13 heteroatoms. The molecular weight excluding hydrogens is 762 g/mol. The molecule has 0 saturated carbocycles. The van der Waals surface area contributed by atoms with Gasteiger partial charge in [0.25, 0.3) is 17.5 Å². The number of hydrogen-bond donors (Lipinski definition) is 3. The summed E-state index contributed by atoms with van der Waals surface area (Å²) in [7, 11) is 0. The van der Waals surface area contributed by atoms with Crippen molar-refractivity contribution in [3.8, 4) is 11.3 Å². The summed E-state index contributed by atoms with van der Waals surface area (Å²) in [5, 5.41) is 21.2. The Morgan fingerprint density at radius 3 is 2.21 bits per heavy atom. The zero-order chi connectivity index (χ0) is 36.5. The molecule has 6 rings (SSSR count). The summed E-state index contributed by atoms with van der Waals surface area (Å²) in [6.07, 6.45) is 1.60. The van der Waals surface area contributed by atoms with Crippen LogP contribution in [0.2, 0.25) is 0 Å². The van der Waals surface area contributed by atoms with Gasteiger partial charge in [0.2, 0.25) is 5.91 Å². The van der Waals surface area contributed by atoms with E-state index in [0.717, 1.165) is 20.5 Å². The summed E-state index contributed by atoms with van der Waals surface area (Å²) >= 11 is 5.96. The molecule has 5 aromatic carbocycles. The van der Waals surface area contributed by atoms with E-state index in [9.17, 15) is 24.5 Å². The second-order valence-corrected chi connectivity index (χ2v) is 14.1. The van der Waals surface area contributed by atoms with Crippen LogP contribution in [-0.4, -0.2) is 27.6 Å². The summed E-state index contributed by atoms with van der Waals surface area (Å²) in [6.45, 7) is 0. The third kappa shape index (κ3) is 9.46. The van der Waals surface area contributed by atoms with Crippen molar-refractivity contribution >= 4 is 79.3 Å². The number of halogens is 1. The predicted octanol–water partition coefficient (Wildman–Crippen LogP) is 9.36. The molecule has 10 nitrogen and oxygen atoms in total. The van der Waals surface area contributed by atoms with Gasteiger partial charge in [0.15, 0.2) is 5.13 Å². The highest BCUT2D eigenvalue weighted by Gasteiger charge is 2.24. The number of amides is 3. The van der Waals surface area contributed by atoms with Crippen molar-refractivity contribution in [3.63, 3.8) is 0 Å². The molecule has 1 unspecified atom stereocenters. The summed E-state index contributed by atoms with van der Waals surface area (Å²) in [6, 6.07) is 38.5. The van der Waals surface area contributed by atoms with E-state index < -0.39 is 22.0 Å². The molecule has 258 valence electrons. The summed E-state index contributed by atoms with van der Waals surface area (Å²) < 4.78 is 0.879. The highest BCUT2D eigenvalue weighted by Crippen LogP contribution is 2.37. The van der Waals surface area contributed by atoms with Crippen LogP contribution in [0, 0.1) is 10.1 Å². The maximum atomic E-state index is 13.7. The van der Waals surface area contributed by atoms with Gasteiger partial charge in [-0.05, 0) is 65.7 Å². The number of carbonyl (C=O) groups is 3. The third-order valence-electron chi connectivity index (χ3n) is 7.50. The lowest BCUT2D eigenvalue weighted by atomic mass is 10.1. The van der Waals surface area contributed by atoms with Gasteiger partial charge in [0.1, 0.15) is 10.9 Å². The van der Waals surface area contributed by atoms with Crippen molar-refractivity contribution in [2.24, 2.45) is 0 Å². The van der Waals surface area contributed by atoms with E-state index in [0.29, 0.717) is 27.6 Å². The maximum absolute atomic E-state index is 13.7. The van der Waals surface area contributed by atoms with Gasteiger partial charge in [-0.25, -0.2) is 4.98 Å². The fraction of sp³-hybridized carbons (Fsp3) is 0.0256. The molecule has 0 saturated heterocycles. The van der Waals surface area contributed by atoms with Crippen LogP contribution in [0.25, 0.3) is 17.3 Å². The number of thiazole rings is 1. The van der Waals surface area contributed by atoms with Gasteiger partial charge in [-0.2, -0.15) is 0 Å². The standard InChI is InChI=1S/C39H28BrN5O5S2/c40-29-16-14-25(15-17-29)22-33(42-36(46)27-10-5-2-6-11-27)37(47)41-30-18-20-32(21-19-30)52-35(26-8-3-1-4-9-26)38(48)44-39-43-34(24-51-39)28-12-7-13-31(23-28)45(49)50/h1-24,35H,(H,41,47)(H,42,46)(H,43,44,48)/b33-22-. The Kier molecular flexibility index (Phi) is 11.7. The van der Waals surface area contributed by atoms with Crippen LogP contribution in [0.1, 0.15) is 26.7 Å². The Hall–Kier alpha value is -5.89. The second-order valence-electron chi connectivity index (χ2n) is 11.2. The number of anilines is 2. The molecule has 0 spiro atoms. The molecule has 0 aliphatic carbocycles. The van der Waals surface area contributed by atoms with Gasteiger partial charge in [0.05, 0.1) is 10.6 Å². The van der Waals surface area contributed by atoms with Crippen LogP contribution in [0.3, 0.4) is 0 Å². The van der Waals surface area contributed by atoms with Crippen molar-refractivity contribution in [2.45, 2.75) is 10.1 Å². The molecular formula is C39H28BrN5O5S2. The Labute approximate surface area is 315 Å². The number of nitrogens with zero attached hydrogens (tertiary/aromatic N) is 2. The van der Waals surface area contributed by atoms with E-state index in [1.54, 1.807) is 78.2 Å². The number of carbonyl (C=O) groups excluding carboxylic acids is 3. The molecule has 1 atom stereocenters. The SMILES string of the molecule is O=C(Nc1ccc(SC(C(=O)Nc2nc(-c3cccc([N+](=O)[O-])c3)cs2)c2ccccc2)cc1)/C(=C/c1ccc(Br)cc1)NC(=O)c1ccccc1. The zero-order valence-electron chi connectivity index (χ0n) is 27.1. The number of hydrogen-bond acceptors (Lipinski definition) is 8. The predicted molar refractivity (Wildman–Crippen MR) is 209 cm³/mol. The molecule has 0 fully saturated rings. The van der Waals surface area contributed by atoms with E-state index in [2.05, 4.69) is 36.9 Å². The van der Waals surface area contributed by atoms with Crippen molar-refractivity contribution in [1.82, 2.24) is 10.3 Å². The first-order valence-electron chi connectivity index (χ1n) is 15.7. The first-order valence-corrected chi connectivity index (χ1v) is 18.2. The lowest BCUT2D eigenvalue weighted by Crippen LogP contribution is -2.30. The molecule has 0 aliphatic rings. The third-order valence-corrected chi connectivity index (χ3v) is 10.1. The number of rotatable bonds is 12. The maximum Gasteiger partial charge on any atom is 0.272 e. The average molecular weight is 791 g/mol. The van der Waals surface area contributed by atoms with Gasteiger partial charge in [-0.1, -0.05) is 88.7 Å². The van der Waals surface area contributed by atoms with Gasteiger partial charge in [-0.3, -0.25) is 24.5 Å². The fourth-order valence-corrected chi connectivity index (χ4v) is 6.95. The number of nitro benzene ring substituents is 1. The number of thioether (sulfide) groups is 1. The number of benzene rings is 5. The Morgan fingerprint density at radius 2 is 1.52 bits per heavy atom. The van der Waals surface area contributed by atoms with E-state index in [4.69, 9.17) is 0 Å². The number of nitro groups is 1. The smallest absolute Gasteiger partial charge is 0.272 e. The number of non-ortho nitro benzene ring substituents is 1. The zero-order valence-corrected chi connectivity index (χ0v) is 30.3. The van der Waals surface area contributed by atoms with Crippen molar-refractivity contribution < 1.29 is 19.3 Å². The minimum absolute atomic E-state index is 0.0466. The van der Waals surface area contributed by atoms with Crippen LogP contribution in [0.5, 0.6) is 0 Å². The van der Waals surface area contributed by atoms with Crippen molar-refractivity contribution in [2.75, 3.05) is 10.6 Å². The average Bonchev–Trinajstić information content (AvgIpc) is 3.64. The lowest BCUT2D eigenvalue weighted by molar-refractivity contribution is -0.384. The molecule has 0 aliphatic heterocycles. The monoisotopic (exact) mass is 789 g/mol. The van der Waals surface area contributed by atoms with Crippen LogP contribution < -0.4 is 16.0 Å². The highest BCUT2D eigenvalue weighted by molar-refractivity contribution is 9.10. The van der Waals surface area contributed by atoms with E-state index in [-0.39, 0.29) is 17.3 Å².